The van der Waals surface area contributed by atoms with Gasteiger partial charge in [-0.3, -0.25) is 4.79 Å². The summed E-state index contributed by atoms with van der Waals surface area (Å²) in [6, 6.07) is 9.30. The van der Waals surface area contributed by atoms with Gasteiger partial charge in [-0.2, -0.15) is 0 Å². The number of hydrogen-bond donors (Lipinski definition) is 1. The third kappa shape index (κ3) is 4.49. The van der Waals surface area contributed by atoms with E-state index in [4.69, 9.17) is 14.2 Å². The van der Waals surface area contributed by atoms with Crippen LogP contribution in [0.5, 0.6) is 5.75 Å². The molecule has 0 radical (unpaired) electrons. The molecule has 2 aliphatic rings. The first-order chi connectivity index (χ1) is 14.0. The summed E-state index contributed by atoms with van der Waals surface area (Å²) in [5, 5.41) is 3.23. The molecular weight excluding hydrogens is 372 g/mol. The van der Waals surface area contributed by atoms with Crippen LogP contribution in [0, 0.1) is 0 Å². The van der Waals surface area contributed by atoms with E-state index in [1.807, 2.05) is 38.1 Å². The van der Waals surface area contributed by atoms with Crippen LogP contribution in [0.25, 0.3) is 0 Å². The first-order valence-electron chi connectivity index (χ1n) is 9.97. The van der Waals surface area contributed by atoms with Crippen molar-refractivity contribution in [2.45, 2.75) is 38.6 Å². The van der Waals surface area contributed by atoms with Crippen LogP contribution in [-0.4, -0.2) is 59.0 Å². The maximum Gasteiger partial charge on any atom is 0.272 e. The molecule has 0 bridgehead atoms. The fraction of sp³-hybridized carbons (Fsp3) is 0.476. The van der Waals surface area contributed by atoms with Crippen molar-refractivity contribution in [3.05, 3.63) is 42.4 Å². The third-order valence-corrected chi connectivity index (χ3v) is 5.02. The van der Waals surface area contributed by atoms with Crippen molar-refractivity contribution in [1.29, 1.82) is 0 Å². The van der Waals surface area contributed by atoms with Crippen molar-refractivity contribution >= 4 is 17.4 Å². The molecule has 0 atom stereocenters. The van der Waals surface area contributed by atoms with Gasteiger partial charge in [-0.1, -0.05) is 12.1 Å². The van der Waals surface area contributed by atoms with Crippen LogP contribution in [0.3, 0.4) is 0 Å². The predicted molar refractivity (Wildman–Crippen MR) is 107 cm³/mol. The molecule has 1 aromatic carbocycles. The second kappa shape index (κ2) is 8.34. The highest BCUT2D eigenvalue weighted by molar-refractivity contribution is 5.93. The maximum absolute atomic E-state index is 12.9. The molecule has 1 spiro atoms. The lowest BCUT2D eigenvalue weighted by atomic mass is 10.0. The van der Waals surface area contributed by atoms with Gasteiger partial charge in [-0.15, -0.1) is 0 Å². The Morgan fingerprint density at radius 1 is 1.17 bits per heavy atom. The second-order valence-corrected chi connectivity index (χ2v) is 7.48. The lowest BCUT2D eigenvalue weighted by molar-refractivity contribution is -0.181. The molecule has 3 heterocycles. The quantitative estimate of drug-likeness (QED) is 0.829. The van der Waals surface area contributed by atoms with E-state index < -0.39 is 5.79 Å². The largest absolute Gasteiger partial charge is 0.489 e. The molecule has 0 saturated carbocycles. The van der Waals surface area contributed by atoms with Crippen LogP contribution in [0.15, 0.2) is 36.7 Å². The predicted octanol–water partition coefficient (Wildman–Crippen LogP) is 2.99. The van der Waals surface area contributed by atoms with Gasteiger partial charge in [0, 0.05) is 32.0 Å². The molecular formula is C21H26N4O4. The number of carbonyl (C=O) groups is 1. The van der Waals surface area contributed by atoms with Gasteiger partial charge in [0.25, 0.3) is 5.91 Å². The number of amides is 1. The summed E-state index contributed by atoms with van der Waals surface area (Å²) in [4.78, 5) is 23.1. The topological polar surface area (TPSA) is 85.8 Å². The van der Waals surface area contributed by atoms with Crippen LogP contribution >= 0.6 is 0 Å². The number of rotatable bonds is 5. The van der Waals surface area contributed by atoms with Gasteiger partial charge in [0.05, 0.1) is 25.0 Å². The molecule has 8 nitrogen and oxygen atoms in total. The highest BCUT2D eigenvalue weighted by Gasteiger charge is 2.41. The van der Waals surface area contributed by atoms with Crippen molar-refractivity contribution in [3.8, 4) is 5.75 Å². The zero-order chi connectivity index (χ0) is 20.3. The number of ether oxygens (including phenoxy) is 3. The van der Waals surface area contributed by atoms with Crippen LogP contribution in [0.1, 0.15) is 37.2 Å². The monoisotopic (exact) mass is 398 g/mol. The fourth-order valence-electron chi connectivity index (χ4n) is 3.61. The molecule has 1 N–H and O–H groups in total. The van der Waals surface area contributed by atoms with E-state index in [-0.39, 0.29) is 12.0 Å². The number of likely N-dealkylation sites (tertiary alicyclic amines) is 1. The van der Waals surface area contributed by atoms with Gasteiger partial charge in [-0.25, -0.2) is 9.97 Å². The van der Waals surface area contributed by atoms with E-state index >= 15 is 0 Å². The summed E-state index contributed by atoms with van der Waals surface area (Å²) >= 11 is 0. The number of para-hydroxylation sites is 2. The summed E-state index contributed by atoms with van der Waals surface area (Å²) in [6.07, 6.45) is 2.80. The van der Waals surface area contributed by atoms with Gasteiger partial charge >= 0.3 is 0 Å². The van der Waals surface area contributed by atoms with E-state index in [1.54, 1.807) is 11.0 Å². The van der Waals surface area contributed by atoms with E-state index in [1.165, 1.54) is 6.33 Å². The van der Waals surface area contributed by atoms with E-state index in [0.717, 1.165) is 11.4 Å². The van der Waals surface area contributed by atoms with Crippen molar-refractivity contribution < 1.29 is 19.0 Å². The summed E-state index contributed by atoms with van der Waals surface area (Å²) in [5.41, 5.74) is 1.14. The Morgan fingerprint density at radius 2 is 1.90 bits per heavy atom. The highest BCUT2D eigenvalue weighted by Crippen LogP contribution is 2.32. The molecule has 8 heteroatoms. The number of carbonyl (C=O) groups excluding carboxylic acids is 1. The molecule has 1 amide bonds. The van der Waals surface area contributed by atoms with Crippen molar-refractivity contribution in [2.24, 2.45) is 0 Å². The SMILES string of the molecule is CC(C)Oc1ccccc1Nc1cc(C(=O)N2CCC3(CC2)OCCO3)ncn1. The van der Waals surface area contributed by atoms with Gasteiger partial charge in [0.15, 0.2) is 5.79 Å². The van der Waals surface area contributed by atoms with Gasteiger partial charge in [0.2, 0.25) is 0 Å². The van der Waals surface area contributed by atoms with Crippen LogP contribution in [-0.2, 0) is 9.47 Å². The second-order valence-electron chi connectivity index (χ2n) is 7.48. The normalized spacial score (nSPS) is 18.2. The number of anilines is 2. The molecule has 29 heavy (non-hydrogen) atoms. The summed E-state index contributed by atoms with van der Waals surface area (Å²) < 4.78 is 17.3. The van der Waals surface area contributed by atoms with Crippen LogP contribution in [0.4, 0.5) is 11.5 Å². The minimum atomic E-state index is -0.505. The fourth-order valence-corrected chi connectivity index (χ4v) is 3.61. The highest BCUT2D eigenvalue weighted by atomic mass is 16.7. The van der Waals surface area contributed by atoms with Crippen molar-refractivity contribution in [3.63, 3.8) is 0 Å². The molecule has 2 aromatic rings. The van der Waals surface area contributed by atoms with Gasteiger partial charge in [0.1, 0.15) is 23.6 Å². The Morgan fingerprint density at radius 3 is 2.62 bits per heavy atom. The third-order valence-electron chi connectivity index (χ3n) is 5.02. The van der Waals surface area contributed by atoms with Crippen molar-refractivity contribution in [1.82, 2.24) is 14.9 Å². The molecule has 1 aromatic heterocycles. The average Bonchev–Trinajstić information content (AvgIpc) is 3.17. The zero-order valence-corrected chi connectivity index (χ0v) is 16.8. The molecule has 0 unspecified atom stereocenters. The number of piperidine rings is 1. The van der Waals surface area contributed by atoms with Crippen LogP contribution < -0.4 is 10.1 Å². The summed E-state index contributed by atoms with van der Waals surface area (Å²) in [5.74, 6) is 0.649. The van der Waals surface area contributed by atoms with Gasteiger partial charge in [-0.05, 0) is 26.0 Å². The zero-order valence-electron chi connectivity index (χ0n) is 16.8. The van der Waals surface area contributed by atoms with Crippen molar-refractivity contribution in [2.75, 3.05) is 31.6 Å². The lowest BCUT2D eigenvalue weighted by Crippen LogP contribution is -2.47. The number of hydrogen-bond acceptors (Lipinski definition) is 7. The molecule has 4 rings (SSSR count). The minimum absolute atomic E-state index is 0.0516. The van der Waals surface area contributed by atoms with E-state index in [9.17, 15) is 4.79 Å². The Kier molecular flexibility index (Phi) is 5.64. The van der Waals surface area contributed by atoms with Crippen LogP contribution in [0.2, 0.25) is 0 Å². The molecule has 0 aliphatic carbocycles. The number of benzene rings is 1. The van der Waals surface area contributed by atoms with E-state index in [0.29, 0.717) is 50.7 Å². The summed E-state index contributed by atoms with van der Waals surface area (Å²) in [7, 11) is 0. The minimum Gasteiger partial charge on any atom is -0.489 e. The first kappa shape index (κ1) is 19.6. The Hall–Kier alpha value is -2.71. The standard InChI is InChI=1S/C21H26N4O4/c1-15(2)29-18-6-4-3-5-16(18)24-19-13-17(22-14-23-19)20(26)25-9-7-21(8-10-25)27-11-12-28-21/h3-6,13-15H,7-12H2,1-2H3,(H,22,23,24). The lowest BCUT2D eigenvalue weighted by Gasteiger charge is -2.37. The Balaban J connectivity index is 1.45. The average molecular weight is 398 g/mol. The number of aromatic nitrogens is 2. The molecule has 2 saturated heterocycles. The number of nitrogens with zero attached hydrogens (tertiary/aromatic N) is 3. The molecule has 2 fully saturated rings. The molecule has 2 aliphatic heterocycles. The van der Waals surface area contributed by atoms with Gasteiger partial charge < -0.3 is 24.4 Å². The Bertz CT molecular complexity index is 857. The Labute approximate surface area is 170 Å². The molecule has 154 valence electrons. The smallest absolute Gasteiger partial charge is 0.272 e. The summed E-state index contributed by atoms with van der Waals surface area (Å²) in [6.45, 7) is 6.35. The maximum atomic E-state index is 12.9. The number of nitrogens with one attached hydrogen (secondary N) is 1. The first-order valence-corrected chi connectivity index (χ1v) is 9.97. The van der Waals surface area contributed by atoms with E-state index in [2.05, 4.69) is 15.3 Å².